The highest BCUT2D eigenvalue weighted by atomic mass is 19.1. The van der Waals surface area contributed by atoms with Crippen molar-refractivity contribution in [3.8, 4) is 0 Å². The van der Waals surface area contributed by atoms with E-state index in [0.29, 0.717) is 24.8 Å². The van der Waals surface area contributed by atoms with E-state index in [4.69, 9.17) is 4.74 Å². The smallest absolute Gasteiger partial charge is 0.407 e. The van der Waals surface area contributed by atoms with Crippen LogP contribution < -0.4 is 10.2 Å². The van der Waals surface area contributed by atoms with E-state index in [0.717, 1.165) is 44.8 Å². The van der Waals surface area contributed by atoms with Crippen LogP contribution in [0.4, 0.5) is 20.6 Å². The van der Waals surface area contributed by atoms with Crippen molar-refractivity contribution in [2.24, 2.45) is 0 Å². The number of nitro groups is 1. The van der Waals surface area contributed by atoms with Crippen LogP contribution >= 0.6 is 0 Å². The Hall–Kier alpha value is -2.42. The number of piperazine rings is 1. The second-order valence-electron chi connectivity index (χ2n) is 9.07. The van der Waals surface area contributed by atoms with Gasteiger partial charge in [0.05, 0.1) is 16.7 Å². The van der Waals surface area contributed by atoms with Crippen molar-refractivity contribution in [3.05, 3.63) is 34.1 Å². The average molecular weight is 423 g/mol. The molecule has 0 bridgehead atoms. The number of carbonyl (C=O) groups is 1. The number of alkyl carbamates (subject to hydrolysis) is 1. The molecule has 8 nitrogen and oxygen atoms in total. The molecule has 0 aromatic heterocycles. The fourth-order valence-corrected chi connectivity index (χ4v) is 4.25. The predicted octanol–water partition coefficient (Wildman–Crippen LogP) is 3.69. The second kappa shape index (κ2) is 9.16. The summed E-state index contributed by atoms with van der Waals surface area (Å²) in [7, 11) is 0. The minimum atomic E-state index is -0.585. The van der Waals surface area contributed by atoms with Gasteiger partial charge in [0.25, 0.3) is 5.69 Å². The lowest BCUT2D eigenvalue weighted by atomic mass is 9.90. The molecule has 0 unspecified atom stereocenters. The Bertz CT molecular complexity index is 767. The van der Waals surface area contributed by atoms with E-state index >= 15 is 0 Å². The maximum Gasteiger partial charge on any atom is 0.407 e. The van der Waals surface area contributed by atoms with E-state index in [1.165, 1.54) is 12.1 Å². The molecule has 2 fully saturated rings. The van der Waals surface area contributed by atoms with Crippen molar-refractivity contribution in [2.45, 2.75) is 64.1 Å². The van der Waals surface area contributed by atoms with Crippen molar-refractivity contribution in [2.75, 3.05) is 31.1 Å². The van der Waals surface area contributed by atoms with Crippen molar-refractivity contribution in [1.29, 1.82) is 0 Å². The summed E-state index contributed by atoms with van der Waals surface area (Å²) in [6, 6.07) is 4.44. The summed E-state index contributed by atoms with van der Waals surface area (Å²) in [5, 5.41) is 13.8. The maximum absolute atomic E-state index is 14.3. The van der Waals surface area contributed by atoms with Crippen molar-refractivity contribution in [1.82, 2.24) is 10.2 Å². The number of non-ortho nitro benzene ring substituents is 1. The number of carbonyl (C=O) groups excluding carboxylic acids is 1. The lowest BCUT2D eigenvalue weighted by Gasteiger charge is -2.42. The van der Waals surface area contributed by atoms with Crippen LogP contribution in [0.25, 0.3) is 0 Å². The first-order valence-corrected chi connectivity index (χ1v) is 10.5. The van der Waals surface area contributed by atoms with E-state index in [2.05, 4.69) is 10.2 Å². The van der Waals surface area contributed by atoms with Gasteiger partial charge in [-0.1, -0.05) is 0 Å². The average Bonchev–Trinajstić information content (AvgIpc) is 2.67. The van der Waals surface area contributed by atoms with Gasteiger partial charge in [-0.25, -0.2) is 9.18 Å². The number of ether oxygens (including phenoxy) is 1. The molecule has 0 radical (unpaired) electrons. The van der Waals surface area contributed by atoms with Crippen LogP contribution in [0.5, 0.6) is 0 Å². The number of nitrogens with zero attached hydrogens (tertiary/aromatic N) is 3. The van der Waals surface area contributed by atoms with Gasteiger partial charge in [0.1, 0.15) is 5.60 Å². The highest BCUT2D eigenvalue weighted by molar-refractivity contribution is 5.68. The molecule has 0 spiro atoms. The Kier molecular flexibility index (Phi) is 6.80. The van der Waals surface area contributed by atoms with Gasteiger partial charge in [-0.15, -0.1) is 0 Å². The van der Waals surface area contributed by atoms with Crippen molar-refractivity contribution < 1.29 is 18.8 Å². The van der Waals surface area contributed by atoms with E-state index < -0.39 is 16.3 Å². The molecule has 1 N–H and O–H groups in total. The zero-order chi connectivity index (χ0) is 21.9. The fraction of sp³-hybridized carbons (Fsp3) is 0.667. The number of hydrogen-bond acceptors (Lipinski definition) is 6. The summed E-state index contributed by atoms with van der Waals surface area (Å²) in [5.74, 6) is -0.550. The zero-order valence-electron chi connectivity index (χ0n) is 17.9. The molecular formula is C21H31FN4O4. The molecule has 3 rings (SSSR count). The number of halogens is 1. The Labute approximate surface area is 176 Å². The summed E-state index contributed by atoms with van der Waals surface area (Å²) in [6.07, 6.45) is 3.49. The van der Waals surface area contributed by atoms with Crippen LogP contribution in [0.2, 0.25) is 0 Å². The Morgan fingerprint density at radius 1 is 1.17 bits per heavy atom. The molecule has 1 heterocycles. The molecule has 30 heavy (non-hydrogen) atoms. The predicted molar refractivity (Wildman–Crippen MR) is 112 cm³/mol. The highest BCUT2D eigenvalue weighted by Crippen LogP contribution is 2.28. The van der Waals surface area contributed by atoms with Gasteiger partial charge >= 0.3 is 6.09 Å². The summed E-state index contributed by atoms with van der Waals surface area (Å²) >= 11 is 0. The molecule has 166 valence electrons. The summed E-state index contributed by atoms with van der Waals surface area (Å²) < 4.78 is 19.6. The molecule has 0 atom stereocenters. The van der Waals surface area contributed by atoms with Gasteiger partial charge in [0.15, 0.2) is 5.82 Å². The first kappa shape index (κ1) is 22.3. The third-order valence-electron chi connectivity index (χ3n) is 5.73. The number of rotatable bonds is 4. The summed E-state index contributed by atoms with van der Waals surface area (Å²) in [6.45, 7) is 8.58. The van der Waals surface area contributed by atoms with E-state index in [1.807, 2.05) is 25.7 Å². The van der Waals surface area contributed by atoms with Crippen LogP contribution in [0.15, 0.2) is 18.2 Å². The van der Waals surface area contributed by atoms with Crippen molar-refractivity contribution >= 4 is 17.5 Å². The van der Waals surface area contributed by atoms with Crippen LogP contribution in [-0.4, -0.2) is 59.8 Å². The van der Waals surface area contributed by atoms with Gasteiger partial charge in [-0.3, -0.25) is 15.0 Å². The third kappa shape index (κ3) is 5.81. The van der Waals surface area contributed by atoms with E-state index in [1.54, 1.807) is 0 Å². The molecule has 9 heteroatoms. The molecule has 1 aromatic rings. The number of nitro benzene ring substituents is 1. The van der Waals surface area contributed by atoms with E-state index in [9.17, 15) is 19.3 Å². The zero-order valence-corrected chi connectivity index (χ0v) is 17.9. The largest absolute Gasteiger partial charge is 0.444 e. The van der Waals surface area contributed by atoms with Gasteiger partial charge in [0.2, 0.25) is 0 Å². The van der Waals surface area contributed by atoms with Crippen molar-refractivity contribution in [3.63, 3.8) is 0 Å². The SMILES string of the molecule is CC(C)(C)OC(=O)N[C@H]1CC[C@H](N2CCN(c3ccc([N+](=O)[O-])cc3F)CC2)CC1. The highest BCUT2D eigenvalue weighted by Gasteiger charge is 2.30. The molecule has 2 aliphatic rings. The Morgan fingerprint density at radius 3 is 2.33 bits per heavy atom. The lowest BCUT2D eigenvalue weighted by molar-refractivity contribution is -0.385. The molecule has 1 amide bonds. The van der Waals surface area contributed by atoms with Crippen LogP contribution in [0.1, 0.15) is 46.5 Å². The molecule has 1 aliphatic heterocycles. The normalized spacial score (nSPS) is 23.1. The number of anilines is 1. The van der Waals surface area contributed by atoms with Gasteiger partial charge in [-0.05, 0) is 52.5 Å². The Morgan fingerprint density at radius 2 is 1.80 bits per heavy atom. The topological polar surface area (TPSA) is 88.0 Å². The number of amides is 1. The fourth-order valence-electron chi connectivity index (χ4n) is 4.25. The number of nitrogens with one attached hydrogen (secondary N) is 1. The summed E-state index contributed by atoms with van der Waals surface area (Å²) in [5.41, 5.74) is -0.304. The quantitative estimate of drug-likeness (QED) is 0.588. The minimum Gasteiger partial charge on any atom is -0.444 e. The van der Waals surface area contributed by atoms with Crippen LogP contribution in [0.3, 0.4) is 0 Å². The maximum atomic E-state index is 14.3. The standard InChI is InChI=1S/C21H31FN4O4/c1-21(2,3)30-20(27)23-15-4-6-16(7-5-15)24-10-12-25(13-11-24)19-9-8-17(26(28)29)14-18(19)22/h8-9,14-16H,4-7,10-13H2,1-3H3,(H,23,27)/t15-,16-. The van der Waals surface area contributed by atoms with Gasteiger partial charge in [-0.2, -0.15) is 0 Å². The first-order valence-electron chi connectivity index (χ1n) is 10.5. The minimum absolute atomic E-state index is 0.145. The van der Waals surface area contributed by atoms with Crippen LogP contribution in [-0.2, 0) is 4.74 Å². The van der Waals surface area contributed by atoms with E-state index in [-0.39, 0.29) is 17.8 Å². The first-order chi connectivity index (χ1) is 14.1. The summed E-state index contributed by atoms with van der Waals surface area (Å²) in [4.78, 5) is 26.5. The second-order valence-corrected chi connectivity index (χ2v) is 9.07. The van der Waals surface area contributed by atoms with Crippen LogP contribution in [0, 0.1) is 15.9 Å². The monoisotopic (exact) mass is 422 g/mol. The molecule has 1 saturated heterocycles. The van der Waals surface area contributed by atoms with Gasteiger partial charge < -0.3 is 15.0 Å². The molecule has 1 aromatic carbocycles. The molecular weight excluding hydrogens is 391 g/mol. The number of benzene rings is 1. The third-order valence-corrected chi connectivity index (χ3v) is 5.73. The van der Waals surface area contributed by atoms with Gasteiger partial charge in [0, 0.05) is 44.3 Å². The molecule has 1 saturated carbocycles. The number of hydrogen-bond donors (Lipinski definition) is 1. The molecule has 1 aliphatic carbocycles. The Balaban J connectivity index is 1.45. The lowest BCUT2D eigenvalue weighted by Crippen LogP contribution is -2.52.